The van der Waals surface area contributed by atoms with Crippen LogP contribution >= 0.6 is 0 Å². The zero-order chi connectivity index (χ0) is 9.19. The van der Waals surface area contributed by atoms with Gasteiger partial charge in [0.1, 0.15) is 0 Å². The van der Waals surface area contributed by atoms with Gasteiger partial charge in [0.05, 0.1) is 0 Å². The van der Waals surface area contributed by atoms with Crippen LogP contribution in [0.2, 0.25) is 0 Å². The first kappa shape index (κ1) is 9.04. The molecule has 0 bridgehead atoms. The van der Waals surface area contributed by atoms with Crippen LogP contribution in [-0.2, 0) is 4.79 Å². The van der Waals surface area contributed by atoms with E-state index in [-0.39, 0.29) is 11.5 Å². The van der Waals surface area contributed by atoms with Crippen molar-refractivity contribution in [2.75, 3.05) is 0 Å². The van der Waals surface area contributed by atoms with Crippen molar-refractivity contribution in [3.63, 3.8) is 0 Å². The molecule has 1 atom stereocenters. The molecule has 1 aliphatic carbocycles. The molecule has 0 saturated carbocycles. The lowest BCUT2D eigenvalue weighted by Gasteiger charge is -2.28. The minimum atomic E-state index is -0.416. The first-order chi connectivity index (χ1) is 5.60. The summed E-state index contributed by atoms with van der Waals surface area (Å²) in [6.45, 7) is 5.48. The average Bonchev–Trinajstić information content (AvgIpc) is 2.01. The van der Waals surface area contributed by atoms with Crippen molar-refractivity contribution in [1.82, 2.24) is 0 Å². The van der Waals surface area contributed by atoms with E-state index in [1.807, 2.05) is 6.92 Å². The highest BCUT2D eigenvalue weighted by atomic mass is 16.3. The SMILES string of the molecule is C=CCC1(C)CCC=C(O)C1=O. The van der Waals surface area contributed by atoms with E-state index in [2.05, 4.69) is 6.58 Å². The highest BCUT2D eigenvalue weighted by Gasteiger charge is 2.35. The lowest BCUT2D eigenvalue weighted by atomic mass is 9.74. The minimum absolute atomic E-state index is 0.0781. The summed E-state index contributed by atoms with van der Waals surface area (Å²) in [5.41, 5.74) is -0.416. The number of ketones is 1. The third-order valence-electron chi connectivity index (χ3n) is 2.41. The van der Waals surface area contributed by atoms with E-state index >= 15 is 0 Å². The topological polar surface area (TPSA) is 37.3 Å². The molecular weight excluding hydrogens is 152 g/mol. The van der Waals surface area contributed by atoms with Gasteiger partial charge in [-0.05, 0) is 25.3 Å². The summed E-state index contributed by atoms with van der Waals surface area (Å²) < 4.78 is 0. The molecule has 0 saturated heterocycles. The molecule has 66 valence electrons. The van der Waals surface area contributed by atoms with E-state index in [9.17, 15) is 9.90 Å². The predicted molar refractivity (Wildman–Crippen MR) is 47.9 cm³/mol. The van der Waals surface area contributed by atoms with Gasteiger partial charge in [-0.2, -0.15) is 0 Å². The zero-order valence-electron chi connectivity index (χ0n) is 7.34. The van der Waals surface area contributed by atoms with Gasteiger partial charge >= 0.3 is 0 Å². The third kappa shape index (κ3) is 1.42. The molecule has 1 aliphatic rings. The van der Waals surface area contributed by atoms with E-state index in [1.54, 1.807) is 12.2 Å². The van der Waals surface area contributed by atoms with Gasteiger partial charge in [0.15, 0.2) is 5.76 Å². The number of hydrogen-bond acceptors (Lipinski definition) is 2. The second kappa shape index (κ2) is 3.13. The van der Waals surface area contributed by atoms with Gasteiger partial charge in [-0.1, -0.05) is 13.0 Å². The molecule has 0 aromatic rings. The fraction of sp³-hybridized carbons (Fsp3) is 0.500. The van der Waals surface area contributed by atoms with Crippen LogP contribution in [0.15, 0.2) is 24.5 Å². The molecule has 1 rings (SSSR count). The molecule has 0 radical (unpaired) electrons. The number of carbonyl (C=O) groups is 1. The Morgan fingerprint density at radius 3 is 3.08 bits per heavy atom. The summed E-state index contributed by atoms with van der Waals surface area (Å²) in [5.74, 6) is -0.223. The average molecular weight is 166 g/mol. The molecule has 0 fully saturated rings. The standard InChI is InChI=1S/C10H14O2/c1-3-6-10(2)7-4-5-8(11)9(10)12/h3,5,11H,1,4,6-7H2,2H3. The van der Waals surface area contributed by atoms with Gasteiger partial charge in [-0.15, -0.1) is 6.58 Å². The van der Waals surface area contributed by atoms with Crippen LogP contribution in [0, 0.1) is 5.41 Å². The minimum Gasteiger partial charge on any atom is -0.505 e. The van der Waals surface area contributed by atoms with Gasteiger partial charge in [-0.3, -0.25) is 4.79 Å². The van der Waals surface area contributed by atoms with Gasteiger partial charge < -0.3 is 5.11 Å². The zero-order valence-corrected chi connectivity index (χ0v) is 7.34. The van der Waals surface area contributed by atoms with Crippen molar-refractivity contribution in [3.8, 4) is 0 Å². The molecule has 0 amide bonds. The molecular formula is C10H14O2. The maximum Gasteiger partial charge on any atom is 0.202 e. The van der Waals surface area contributed by atoms with E-state index in [0.29, 0.717) is 6.42 Å². The van der Waals surface area contributed by atoms with Crippen molar-refractivity contribution in [2.45, 2.75) is 26.2 Å². The lowest BCUT2D eigenvalue weighted by Crippen LogP contribution is -2.31. The molecule has 2 nitrogen and oxygen atoms in total. The Labute approximate surface area is 72.6 Å². The molecule has 0 aromatic carbocycles. The molecule has 0 heterocycles. The Morgan fingerprint density at radius 2 is 2.50 bits per heavy atom. The Balaban J connectivity index is 2.86. The highest BCUT2D eigenvalue weighted by molar-refractivity contribution is 5.98. The van der Waals surface area contributed by atoms with Gasteiger partial charge in [-0.25, -0.2) is 0 Å². The number of hydrogen-bond donors (Lipinski definition) is 1. The maximum absolute atomic E-state index is 11.5. The Kier molecular flexibility index (Phi) is 2.36. The quantitative estimate of drug-likeness (QED) is 0.639. The maximum atomic E-state index is 11.5. The van der Waals surface area contributed by atoms with Gasteiger partial charge in [0, 0.05) is 5.41 Å². The first-order valence-electron chi connectivity index (χ1n) is 4.15. The fourth-order valence-corrected chi connectivity index (χ4v) is 1.56. The van der Waals surface area contributed by atoms with E-state index in [0.717, 1.165) is 12.8 Å². The van der Waals surface area contributed by atoms with Crippen molar-refractivity contribution in [3.05, 3.63) is 24.5 Å². The summed E-state index contributed by atoms with van der Waals surface area (Å²) in [4.78, 5) is 11.5. The molecule has 2 heteroatoms. The molecule has 1 unspecified atom stereocenters. The molecule has 0 aromatic heterocycles. The normalized spacial score (nSPS) is 29.8. The lowest BCUT2D eigenvalue weighted by molar-refractivity contribution is -0.127. The van der Waals surface area contributed by atoms with Crippen LogP contribution in [0.5, 0.6) is 0 Å². The fourth-order valence-electron chi connectivity index (χ4n) is 1.56. The molecule has 0 spiro atoms. The molecule has 12 heavy (non-hydrogen) atoms. The highest BCUT2D eigenvalue weighted by Crippen LogP contribution is 2.35. The van der Waals surface area contributed by atoms with E-state index < -0.39 is 5.41 Å². The third-order valence-corrected chi connectivity index (χ3v) is 2.41. The number of aliphatic hydroxyl groups is 1. The van der Waals surface area contributed by atoms with Crippen molar-refractivity contribution >= 4 is 5.78 Å². The van der Waals surface area contributed by atoms with E-state index in [1.165, 1.54) is 0 Å². The Bertz CT molecular complexity index is 240. The van der Waals surface area contributed by atoms with Crippen LogP contribution in [0.1, 0.15) is 26.2 Å². The summed E-state index contributed by atoms with van der Waals surface area (Å²) in [6.07, 6.45) is 5.55. The Hall–Kier alpha value is -1.05. The van der Waals surface area contributed by atoms with Crippen LogP contribution in [0.3, 0.4) is 0 Å². The summed E-state index contributed by atoms with van der Waals surface area (Å²) in [5, 5.41) is 9.22. The summed E-state index contributed by atoms with van der Waals surface area (Å²) in [6, 6.07) is 0. The first-order valence-corrected chi connectivity index (χ1v) is 4.15. The van der Waals surface area contributed by atoms with Crippen molar-refractivity contribution < 1.29 is 9.90 Å². The second-order valence-corrected chi connectivity index (χ2v) is 3.51. The molecule has 0 aliphatic heterocycles. The van der Waals surface area contributed by atoms with Crippen molar-refractivity contribution in [2.24, 2.45) is 5.41 Å². The second-order valence-electron chi connectivity index (χ2n) is 3.51. The number of rotatable bonds is 2. The number of aliphatic hydroxyl groups excluding tert-OH is 1. The summed E-state index contributed by atoms with van der Waals surface area (Å²) in [7, 11) is 0. The smallest absolute Gasteiger partial charge is 0.202 e. The predicted octanol–water partition coefficient (Wildman–Crippen LogP) is 2.37. The Morgan fingerprint density at radius 1 is 1.83 bits per heavy atom. The number of carbonyl (C=O) groups excluding carboxylic acids is 1. The van der Waals surface area contributed by atoms with Gasteiger partial charge in [0.2, 0.25) is 5.78 Å². The van der Waals surface area contributed by atoms with Gasteiger partial charge in [0.25, 0.3) is 0 Å². The van der Waals surface area contributed by atoms with Crippen LogP contribution in [0.25, 0.3) is 0 Å². The van der Waals surface area contributed by atoms with Crippen LogP contribution in [-0.4, -0.2) is 10.9 Å². The van der Waals surface area contributed by atoms with Crippen LogP contribution in [0.4, 0.5) is 0 Å². The van der Waals surface area contributed by atoms with E-state index in [4.69, 9.17) is 0 Å². The molecule has 1 N–H and O–H groups in total. The summed E-state index contributed by atoms with van der Waals surface area (Å²) >= 11 is 0. The number of allylic oxidation sites excluding steroid dienone is 3. The largest absolute Gasteiger partial charge is 0.505 e. The van der Waals surface area contributed by atoms with Crippen molar-refractivity contribution in [1.29, 1.82) is 0 Å². The monoisotopic (exact) mass is 166 g/mol. The van der Waals surface area contributed by atoms with Crippen LogP contribution < -0.4 is 0 Å². The number of Topliss-reactive ketones (excluding diaryl/α,β-unsaturated/α-hetero) is 1.